The number of aryl methyl sites for hydroxylation is 2. The third-order valence-corrected chi connectivity index (χ3v) is 10.0. The molecule has 1 amide bonds. The van der Waals surface area contributed by atoms with Gasteiger partial charge in [0.1, 0.15) is 17.3 Å². The summed E-state index contributed by atoms with van der Waals surface area (Å²) >= 11 is 0. The summed E-state index contributed by atoms with van der Waals surface area (Å²) < 4.78 is 64.9. The summed E-state index contributed by atoms with van der Waals surface area (Å²) in [5.41, 5.74) is -4.10. The highest BCUT2D eigenvalue weighted by molar-refractivity contribution is 7.90. The molecule has 15 heteroatoms. The van der Waals surface area contributed by atoms with Gasteiger partial charge in [-0.2, -0.15) is 5.10 Å². The zero-order chi connectivity index (χ0) is 31.4. The van der Waals surface area contributed by atoms with Crippen LogP contribution in [0.3, 0.4) is 0 Å². The number of carbonyl (C=O) groups is 1. The molecule has 0 aromatic carbocycles. The molecular weight excluding hydrogens is 587 g/mol. The predicted octanol–water partition coefficient (Wildman–Crippen LogP) is 4.23. The highest BCUT2D eigenvalue weighted by Crippen LogP contribution is 2.42. The topological polar surface area (TPSA) is 124 Å². The lowest BCUT2D eigenvalue weighted by molar-refractivity contribution is -0.0441. The SMILES string of the molecule is Cc1nn(C)c(C)c1S(=O)(=O)NC(=O)c1ccc(-n2ccc(OCC(C)(C)C(F)(F)P)n2)nc1N1C[C@@H](C)CC1(C)C. The number of sulfonamides is 1. The Morgan fingerprint density at radius 2 is 1.88 bits per heavy atom. The molecule has 4 heterocycles. The molecule has 0 spiro atoms. The first kappa shape index (κ1) is 31.8. The van der Waals surface area contributed by atoms with E-state index in [0.717, 1.165) is 6.42 Å². The quantitative estimate of drug-likeness (QED) is 0.351. The predicted molar refractivity (Wildman–Crippen MR) is 158 cm³/mol. The van der Waals surface area contributed by atoms with Crippen LogP contribution in [0.15, 0.2) is 29.3 Å². The number of alkyl halides is 2. The number of hydrogen-bond acceptors (Lipinski definition) is 8. The minimum Gasteiger partial charge on any atom is -0.476 e. The van der Waals surface area contributed by atoms with Crippen molar-refractivity contribution >= 4 is 31.0 Å². The van der Waals surface area contributed by atoms with E-state index in [2.05, 4.69) is 21.8 Å². The Labute approximate surface area is 247 Å². The number of ether oxygens (including phenoxy) is 1. The Morgan fingerprint density at radius 3 is 2.43 bits per heavy atom. The number of nitrogens with zero attached hydrogens (tertiary/aromatic N) is 6. The molecule has 1 aliphatic rings. The lowest BCUT2D eigenvalue weighted by atomic mass is 9.95. The second kappa shape index (κ2) is 10.9. The molecule has 3 aromatic heterocycles. The standard InChI is InChI=1S/C27H38F2N7O4PS/c1-16-13-26(6,7)35(14-16)23-19(24(37)33-42(38,39)22-17(2)31-34(8)18(22)3)9-10-20(30-23)36-12-11-21(32-36)40-15-25(4,5)27(28,29)41/h9-12,16H,13-15,41H2,1-8H3,(H,33,37)/t16-/m0/s1. The van der Waals surface area contributed by atoms with E-state index in [0.29, 0.717) is 29.8 Å². The first-order chi connectivity index (χ1) is 19.2. The first-order valence-corrected chi connectivity index (χ1v) is 15.5. The highest BCUT2D eigenvalue weighted by Gasteiger charge is 2.43. The zero-order valence-electron chi connectivity index (χ0n) is 25.1. The zero-order valence-corrected chi connectivity index (χ0v) is 27.0. The van der Waals surface area contributed by atoms with E-state index < -0.39 is 27.0 Å². The summed E-state index contributed by atoms with van der Waals surface area (Å²) in [6.45, 7) is 12.5. The van der Waals surface area contributed by atoms with Crippen molar-refractivity contribution < 1.29 is 26.7 Å². The number of aromatic nitrogens is 5. The molecule has 1 fully saturated rings. The summed E-state index contributed by atoms with van der Waals surface area (Å²) in [4.78, 5) is 20.3. The molecule has 1 unspecified atom stereocenters. The van der Waals surface area contributed by atoms with Crippen molar-refractivity contribution in [1.82, 2.24) is 29.3 Å². The Bertz CT molecular complexity index is 1610. The Hall–Kier alpha value is -3.12. The maximum absolute atomic E-state index is 13.9. The largest absolute Gasteiger partial charge is 0.476 e. The van der Waals surface area contributed by atoms with Gasteiger partial charge in [-0.3, -0.25) is 9.48 Å². The van der Waals surface area contributed by atoms with Crippen molar-refractivity contribution in [3.8, 4) is 11.7 Å². The molecule has 3 aromatic rings. The molecule has 4 rings (SSSR count). The van der Waals surface area contributed by atoms with Gasteiger partial charge in [-0.25, -0.2) is 31.6 Å². The van der Waals surface area contributed by atoms with Crippen molar-refractivity contribution in [3.63, 3.8) is 0 Å². The van der Waals surface area contributed by atoms with Crippen molar-refractivity contribution in [1.29, 1.82) is 0 Å². The van der Waals surface area contributed by atoms with E-state index in [1.807, 2.05) is 18.7 Å². The molecule has 0 aliphatic carbocycles. The van der Waals surface area contributed by atoms with Crippen LogP contribution in [-0.4, -0.2) is 63.2 Å². The van der Waals surface area contributed by atoms with Gasteiger partial charge in [-0.15, -0.1) is 5.10 Å². The lowest BCUT2D eigenvalue weighted by Gasteiger charge is -2.34. The number of hydrogen-bond donors (Lipinski definition) is 1. The molecule has 42 heavy (non-hydrogen) atoms. The normalized spacial score (nSPS) is 17.5. The fraction of sp³-hybridized carbons (Fsp3) is 0.556. The van der Waals surface area contributed by atoms with Gasteiger partial charge in [0, 0.05) is 31.4 Å². The summed E-state index contributed by atoms with van der Waals surface area (Å²) in [5.74, 6) is 0.242. The molecule has 1 aliphatic heterocycles. The number of nitrogens with one attached hydrogen (secondary N) is 1. The van der Waals surface area contributed by atoms with Gasteiger partial charge in [0.05, 0.1) is 22.4 Å². The maximum Gasteiger partial charge on any atom is 0.268 e. The van der Waals surface area contributed by atoms with Crippen LogP contribution in [-0.2, 0) is 17.1 Å². The number of rotatable bonds is 9. The monoisotopic (exact) mass is 625 g/mol. The molecule has 0 saturated carbocycles. The van der Waals surface area contributed by atoms with Gasteiger partial charge in [-0.1, -0.05) is 30.0 Å². The molecule has 1 saturated heterocycles. The smallest absolute Gasteiger partial charge is 0.268 e. The van der Waals surface area contributed by atoms with Gasteiger partial charge in [0.25, 0.3) is 21.6 Å². The van der Waals surface area contributed by atoms with Crippen LogP contribution >= 0.6 is 9.24 Å². The van der Waals surface area contributed by atoms with E-state index in [1.54, 1.807) is 27.1 Å². The molecular formula is C27H38F2N7O4PS. The van der Waals surface area contributed by atoms with Gasteiger partial charge >= 0.3 is 0 Å². The van der Waals surface area contributed by atoms with Crippen LogP contribution in [0.1, 0.15) is 62.8 Å². The van der Waals surface area contributed by atoms with E-state index in [4.69, 9.17) is 9.72 Å². The average molecular weight is 626 g/mol. The Morgan fingerprint density at radius 1 is 1.21 bits per heavy atom. The third-order valence-electron chi connectivity index (χ3n) is 7.65. The molecule has 0 radical (unpaired) electrons. The van der Waals surface area contributed by atoms with Crippen LogP contribution in [0.25, 0.3) is 5.82 Å². The van der Waals surface area contributed by atoms with Crippen molar-refractivity contribution in [2.45, 2.75) is 71.0 Å². The second-order valence-corrected chi connectivity index (χ2v) is 14.6. The fourth-order valence-corrected chi connectivity index (χ4v) is 6.63. The molecule has 11 nitrogen and oxygen atoms in total. The molecule has 230 valence electrons. The van der Waals surface area contributed by atoms with Crippen LogP contribution in [0.2, 0.25) is 0 Å². The van der Waals surface area contributed by atoms with Crippen molar-refractivity contribution in [2.24, 2.45) is 18.4 Å². The maximum atomic E-state index is 13.9. The van der Waals surface area contributed by atoms with Gasteiger partial charge in [0.15, 0.2) is 5.82 Å². The average Bonchev–Trinajstić information content (AvgIpc) is 3.51. The van der Waals surface area contributed by atoms with Crippen LogP contribution in [0, 0.1) is 25.2 Å². The van der Waals surface area contributed by atoms with E-state index in [9.17, 15) is 22.0 Å². The van der Waals surface area contributed by atoms with Gasteiger partial charge < -0.3 is 9.64 Å². The van der Waals surface area contributed by atoms with Gasteiger partial charge in [-0.05, 0) is 52.2 Å². The van der Waals surface area contributed by atoms with Crippen molar-refractivity contribution in [3.05, 3.63) is 41.3 Å². The number of carbonyl (C=O) groups excluding carboxylic acids is 1. The first-order valence-electron chi connectivity index (χ1n) is 13.4. The summed E-state index contributed by atoms with van der Waals surface area (Å²) in [6.07, 6.45) is 2.41. The van der Waals surface area contributed by atoms with E-state index in [1.165, 1.54) is 50.6 Å². The molecule has 0 bridgehead atoms. The second-order valence-electron chi connectivity index (χ2n) is 12.2. The van der Waals surface area contributed by atoms with Crippen molar-refractivity contribution in [2.75, 3.05) is 18.1 Å². The lowest BCUT2D eigenvalue weighted by Crippen LogP contribution is -2.41. The number of amides is 1. The van der Waals surface area contributed by atoms with Gasteiger partial charge in [0.2, 0.25) is 5.88 Å². The van der Waals surface area contributed by atoms with Crippen LogP contribution in [0.4, 0.5) is 14.6 Å². The molecule has 1 N–H and O–H groups in total. The summed E-state index contributed by atoms with van der Waals surface area (Å²) in [7, 11) is -1.07. The number of halogens is 2. The number of anilines is 1. The fourth-order valence-electron chi connectivity index (χ4n) is 5.14. The summed E-state index contributed by atoms with van der Waals surface area (Å²) in [5, 5.41) is 8.49. The highest BCUT2D eigenvalue weighted by atomic mass is 32.2. The van der Waals surface area contributed by atoms with E-state index >= 15 is 0 Å². The Kier molecular flexibility index (Phi) is 8.22. The van der Waals surface area contributed by atoms with E-state index in [-0.39, 0.29) is 34.2 Å². The number of pyridine rings is 1. The van der Waals surface area contributed by atoms with Crippen LogP contribution in [0.5, 0.6) is 5.88 Å². The Balaban J connectivity index is 1.69. The molecule has 2 atom stereocenters. The third kappa shape index (κ3) is 6.15. The van der Waals surface area contributed by atoms with Crippen LogP contribution < -0.4 is 14.4 Å². The minimum absolute atomic E-state index is 0.0497. The summed E-state index contributed by atoms with van der Waals surface area (Å²) in [6, 6.07) is 4.58. The minimum atomic E-state index is -4.23.